The Hall–Kier alpha value is -3.22. The molecule has 3 atom stereocenters. The van der Waals surface area contributed by atoms with Gasteiger partial charge in [0.15, 0.2) is 0 Å². The van der Waals surface area contributed by atoms with Crippen molar-refractivity contribution in [3.63, 3.8) is 0 Å². The quantitative estimate of drug-likeness (QED) is 0.358. The van der Waals surface area contributed by atoms with E-state index in [1.807, 2.05) is 48.5 Å². The number of carbonyl (C=O) groups excluding carboxylic acids is 2. The van der Waals surface area contributed by atoms with Crippen molar-refractivity contribution >= 4 is 22.6 Å². The Morgan fingerprint density at radius 2 is 1.69 bits per heavy atom. The molecule has 39 heavy (non-hydrogen) atoms. The number of hydrogen-bond acceptors (Lipinski definition) is 4. The number of rotatable bonds is 9. The molecule has 0 aromatic heterocycles. The first kappa shape index (κ1) is 27.4. The predicted molar refractivity (Wildman–Crippen MR) is 157 cm³/mol. The van der Waals surface area contributed by atoms with Crippen LogP contribution in [0, 0.1) is 5.92 Å². The molecule has 6 nitrogen and oxygen atoms in total. The van der Waals surface area contributed by atoms with Crippen LogP contribution in [0.15, 0.2) is 72.8 Å². The molecule has 2 fully saturated rings. The van der Waals surface area contributed by atoms with Crippen LogP contribution < -0.4 is 16.4 Å². The first-order chi connectivity index (χ1) is 19.1. The number of fused-ring (bicyclic) bond motifs is 1. The molecule has 0 spiro atoms. The van der Waals surface area contributed by atoms with Gasteiger partial charge in [0.1, 0.15) is 0 Å². The van der Waals surface area contributed by atoms with Gasteiger partial charge < -0.3 is 21.3 Å². The molecule has 0 radical (unpaired) electrons. The van der Waals surface area contributed by atoms with E-state index in [-0.39, 0.29) is 29.9 Å². The molecule has 1 unspecified atom stereocenters. The maximum absolute atomic E-state index is 14.1. The van der Waals surface area contributed by atoms with Gasteiger partial charge >= 0.3 is 0 Å². The Bertz CT molecular complexity index is 1240. The molecule has 2 amide bonds. The predicted octanol–water partition coefficient (Wildman–Crippen LogP) is 5.19. The number of benzene rings is 3. The van der Waals surface area contributed by atoms with Gasteiger partial charge in [-0.2, -0.15) is 0 Å². The lowest BCUT2D eigenvalue weighted by atomic mass is 9.80. The fourth-order valence-electron chi connectivity index (χ4n) is 6.47. The molecule has 0 bridgehead atoms. The average Bonchev–Trinajstić information content (AvgIpc) is 3.14. The molecule has 5 rings (SSSR count). The zero-order valence-corrected chi connectivity index (χ0v) is 22.9. The highest BCUT2D eigenvalue weighted by Gasteiger charge is 2.38. The Kier molecular flexibility index (Phi) is 9.27. The molecule has 206 valence electrons. The monoisotopic (exact) mass is 526 g/mol. The fourth-order valence-corrected chi connectivity index (χ4v) is 6.47. The normalized spacial score (nSPS) is 21.5. The lowest BCUT2D eigenvalue weighted by Crippen LogP contribution is -2.50. The van der Waals surface area contributed by atoms with Gasteiger partial charge in [-0.15, -0.1) is 0 Å². The lowest BCUT2D eigenvalue weighted by molar-refractivity contribution is -0.137. The van der Waals surface area contributed by atoms with Gasteiger partial charge in [-0.05, 0) is 73.0 Å². The van der Waals surface area contributed by atoms with E-state index in [1.54, 1.807) is 0 Å². The average molecular weight is 527 g/mol. The van der Waals surface area contributed by atoms with Crippen molar-refractivity contribution in [3.05, 3.63) is 83.9 Å². The van der Waals surface area contributed by atoms with E-state index in [0.717, 1.165) is 36.5 Å². The van der Waals surface area contributed by atoms with Crippen LogP contribution in [-0.4, -0.2) is 48.4 Å². The Morgan fingerprint density at radius 3 is 2.46 bits per heavy atom. The summed E-state index contributed by atoms with van der Waals surface area (Å²) in [6, 6.07) is 24.2. The van der Waals surface area contributed by atoms with Crippen LogP contribution in [0.2, 0.25) is 0 Å². The van der Waals surface area contributed by atoms with Crippen LogP contribution >= 0.6 is 0 Å². The molecule has 4 N–H and O–H groups in total. The second-order valence-corrected chi connectivity index (χ2v) is 11.2. The van der Waals surface area contributed by atoms with Gasteiger partial charge in [0.25, 0.3) is 5.91 Å². The zero-order chi connectivity index (χ0) is 27.0. The highest BCUT2D eigenvalue weighted by Crippen LogP contribution is 2.39. The topological polar surface area (TPSA) is 87.5 Å². The smallest absolute Gasteiger partial charge is 0.251 e. The summed E-state index contributed by atoms with van der Waals surface area (Å²) in [6.07, 6.45) is 8.35. The number of nitrogens with one attached hydrogen (secondary N) is 2. The summed E-state index contributed by atoms with van der Waals surface area (Å²) in [4.78, 5) is 29.3. The van der Waals surface area contributed by atoms with E-state index in [9.17, 15) is 9.59 Å². The lowest BCUT2D eigenvalue weighted by Gasteiger charge is -2.39. The standard InChI is InChI=1S/C33H42N4O2/c34-20-9-16-30-33(39)37(31(25-11-3-1-4-12-25)26-13-5-2-6-14-26)21-19-29(36-30)23-35-32(38)28-18-17-24-10-7-8-15-27(24)22-28/h1,3-4,7-8,10-12,15,17-18,22,26,29-31,36H,2,5-6,9,13-14,16,19-21,23,34H2,(H,35,38)/t29-,30-,31?/m1/s1. The molecular weight excluding hydrogens is 484 g/mol. The van der Waals surface area contributed by atoms with E-state index in [2.05, 4.69) is 39.8 Å². The van der Waals surface area contributed by atoms with E-state index in [0.29, 0.717) is 37.5 Å². The maximum atomic E-state index is 14.1. The second-order valence-electron chi connectivity index (χ2n) is 11.2. The minimum atomic E-state index is -0.298. The fraction of sp³-hybridized carbons (Fsp3) is 0.455. The maximum Gasteiger partial charge on any atom is 0.251 e. The third kappa shape index (κ3) is 6.68. The molecule has 1 heterocycles. The first-order valence-corrected chi connectivity index (χ1v) is 14.7. The number of hydrogen-bond donors (Lipinski definition) is 3. The first-order valence-electron chi connectivity index (χ1n) is 14.7. The van der Waals surface area contributed by atoms with Gasteiger partial charge in [0, 0.05) is 24.7 Å². The van der Waals surface area contributed by atoms with Crippen LogP contribution in [0.25, 0.3) is 10.8 Å². The Balaban J connectivity index is 1.32. The van der Waals surface area contributed by atoms with Crippen molar-refractivity contribution in [1.82, 2.24) is 15.5 Å². The summed E-state index contributed by atoms with van der Waals surface area (Å²) in [6.45, 7) is 1.71. The van der Waals surface area contributed by atoms with Gasteiger partial charge in [-0.3, -0.25) is 9.59 Å². The Labute approximate surface area is 232 Å². The summed E-state index contributed by atoms with van der Waals surface area (Å²) in [5, 5.41) is 8.92. The molecule has 3 aromatic rings. The van der Waals surface area contributed by atoms with Gasteiger partial charge in [-0.25, -0.2) is 0 Å². The summed E-state index contributed by atoms with van der Waals surface area (Å²) >= 11 is 0. The summed E-state index contributed by atoms with van der Waals surface area (Å²) in [5.74, 6) is 0.563. The van der Waals surface area contributed by atoms with E-state index in [4.69, 9.17) is 5.73 Å². The zero-order valence-electron chi connectivity index (χ0n) is 22.9. The minimum absolute atomic E-state index is 0.00825. The van der Waals surface area contributed by atoms with Crippen LogP contribution in [-0.2, 0) is 4.79 Å². The third-order valence-corrected chi connectivity index (χ3v) is 8.53. The highest BCUT2D eigenvalue weighted by molar-refractivity contribution is 5.98. The molecule has 2 aliphatic rings. The van der Waals surface area contributed by atoms with Crippen LogP contribution in [0.1, 0.15) is 73.3 Å². The largest absolute Gasteiger partial charge is 0.350 e. The Morgan fingerprint density at radius 1 is 0.949 bits per heavy atom. The van der Waals surface area contributed by atoms with Crippen molar-refractivity contribution in [1.29, 1.82) is 0 Å². The number of nitrogens with zero attached hydrogens (tertiary/aromatic N) is 1. The molecule has 1 saturated heterocycles. The second kappa shape index (κ2) is 13.2. The van der Waals surface area contributed by atoms with Crippen molar-refractivity contribution in [2.45, 2.75) is 69.5 Å². The molecule has 1 saturated carbocycles. The van der Waals surface area contributed by atoms with Crippen molar-refractivity contribution in [2.24, 2.45) is 11.7 Å². The third-order valence-electron chi connectivity index (χ3n) is 8.53. The molecule has 1 aliphatic carbocycles. The van der Waals surface area contributed by atoms with Gasteiger partial charge in [0.2, 0.25) is 5.91 Å². The molecule has 1 aliphatic heterocycles. The number of carbonyl (C=O) groups is 2. The SMILES string of the molecule is NCCC[C@H]1N[C@@H](CNC(=O)c2ccc3ccccc3c2)CCN(C(c2ccccc2)C2CCCCC2)C1=O. The summed E-state index contributed by atoms with van der Waals surface area (Å²) in [7, 11) is 0. The molecule has 6 heteroatoms. The number of nitrogens with two attached hydrogens (primary N) is 1. The number of amides is 2. The van der Waals surface area contributed by atoms with E-state index in [1.165, 1.54) is 24.8 Å². The van der Waals surface area contributed by atoms with Gasteiger partial charge in [-0.1, -0.05) is 79.9 Å². The van der Waals surface area contributed by atoms with Crippen LogP contribution in [0.3, 0.4) is 0 Å². The van der Waals surface area contributed by atoms with E-state index >= 15 is 0 Å². The van der Waals surface area contributed by atoms with Crippen molar-refractivity contribution in [3.8, 4) is 0 Å². The molecule has 3 aromatic carbocycles. The van der Waals surface area contributed by atoms with Gasteiger partial charge in [0.05, 0.1) is 12.1 Å². The van der Waals surface area contributed by atoms with E-state index < -0.39 is 0 Å². The van der Waals surface area contributed by atoms with Crippen LogP contribution in [0.4, 0.5) is 0 Å². The summed E-state index contributed by atoms with van der Waals surface area (Å²) in [5.41, 5.74) is 7.75. The minimum Gasteiger partial charge on any atom is -0.350 e. The summed E-state index contributed by atoms with van der Waals surface area (Å²) < 4.78 is 0. The van der Waals surface area contributed by atoms with Crippen molar-refractivity contribution < 1.29 is 9.59 Å². The molecular formula is C33H42N4O2. The van der Waals surface area contributed by atoms with Crippen molar-refractivity contribution in [2.75, 3.05) is 19.6 Å². The highest BCUT2D eigenvalue weighted by atomic mass is 16.2. The van der Waals surface area contributed by atoms with Crippen LogP contribution in [0.5, 0.6) is 0 Å².